The zero-order valence-corrected chi connectivity index (χ0v) is 18.1. The smallest absolute Gasteiger partial charge is 0.349 e. The molecule has 0 saturated carbocycles. The summed E-state index contributed by atoms with van der Waals surface area (Å²) >= 11 is 0. The number of hydrogen-bond donors (Lipinski definition) is 2. The van der Waals surface area contributed by atoms with E-state index >= 15 is 0 Å². The molecule has 1 aliphatic rings. The predicted octanol–water partition coefficient (Wildman–Crippen LogP) is 2.51. The van der Waals surface area contributed by atoms with Crippen molar-refractivity contribution in [3.63, 3.8) is 0 Å². The van der Waals surface area contributed by atoms with E-state index in [-0.39, 0.29) is 28.7 Å². The molecule has 0 bridgehead atoms. The number of nitrogens with one attached hydrogen (secondary N) is 2. The molecule has 0 unspecified atom stereocenters. The van der Waals surface area contributed by atoms with E-state index in [1.807, 2.05) is 0 Å². The first-order valence-corrected chi connectivity index (χ1v) is 11.5. The number of benzene rings is 2. The Labute approximate surface area is 184 Å². The van der Waals surface area contributed by atoms with Crippen LogP contribution in [-0.4, -0.2) is 40.7 Å². The lowest BCUT2D eigenvalue weighted by Crippen LogP contribution is -2.31. The third kappa shape index (κ3) is 4.67. The fourth-order valence-electron chi connectivity index (χ4n) is 3.44. The maximum Gasteiger partial charge on any atom is 0.349 e. The van der Waals surface area contributed by atoms with Crippen LogP contribution in [0.1, 0.15) is 23.2 Å². The number of anilines is 1. The van der Waals surface area contributed by atoms with Gasteiger partial charge < -0.3 is 19.2 Å². The molecule has 9 nitrogen and oxygen atoms in total. The summed E-state index contributed by atoms with van der Waals surface area (Å²) in [4.78, 5) is 25.0. The van der Waals surface area contributed by atoms with Crippen LogP contribution in [-0.2, 0) is 14.8 Å². The number of rotatable bonds is 7. The van der Waals surface area contributed by atoms with Crippen LogP contribution in [0.3, 0.4) is 0 Å². The number of para-hydroxylation sites is 1. The van der Waals surface area contributed by atoms with Crippen molar-refractivity contribution in [2.75, 3.05) is 25.6 Å². The number of sulfonamides is 1. The van der Waals surface area contributed by atoms with Crippen LogP contribution in [0.2, 0.25) is 0 Å². The Balaban J connectivity index is 1.48. The molecular weight excluding hydrogens is 436 g/mol. The minimum atomic E-state index is -3.70. The van der Waals surface area contributed by atoms with Crippen LogP contribution in [0.25, 0.3) is 11.0 Å². The Hall–Kier alpha value is -3.21. The first-order valence-electron chi connectivity index (χ1n) is 10.0. The summed E-state index contributed by atoms with van der Waals surface area (Å²) in [6, 6.07) is 12.1. The lowest BCUT2D eigenvalue weighted by Gasteiger charge is -2.12. The molecule has 32 heavy (non-hydrogen) atoms. The van der Waals surface area contributed by atoms with Gasteiger partial charge in [-0.2, -0.15) is 0 Å². The van der Waals surface area contributed by atoms with Gasteiger partial charge in [-0.05, 0) is 49.2 Å². The van der Waals surface area contributed by atoms with E-state index in [4.69, 9.17) is 13.9 Å². The summed E-state index contributed by atoms with van der Waals surface area (Å²) < 4.78 is 43.3. The molecule has 0 aliphatic carbocycles. The van der Waals surface area contributed by atoms with E-state index in [9.17, 15) is 18.0 Å². The lowest BCUT2D eigenvalue weighted by atomic mass is 10.1. The average molecular weight is 458 g/mol. The van der Waals surface area contributed by atoms with E-state index < -0.39 is 21.6 Å². The van der Waals surface area contributed by atoms with Crippen LogP contribution in [0.15, 0.2) is 62.6 Å². The van der Waals surface area contributed by atoms with Crippen LogP contribution in [0.5, 0.6) is 5.75 Å². The van der Waals surface area contributed by atoms with Gasteiger partial charge in [-0.25, -0.2) is 17.9 Å². The number of methoxy groups -OCH3 is 1. The van der Waals surface area contributed by atoms with E-state index in [1.54, 1.807) is 18.2 Å². The van der Waals surface area contributed by atoms with Gasteiger partial charge in [0.25, 0.3) is 5.91 Å². The molecule has 10 heteroatoms. The van der Waals surface area contributed by atoms with Gasteiger partial charge in [0.1, 0.15) is 5.56 Å². The summed E-state index contributed by atoms with van der Waals surface area (Å²) in [6.07, 6.45) is 1.63. The fraction of sp³-hybridized carbons (Fsp3) is 0.273. The Bertz CT molecular complexity index is 1290. The molecule has 3 aromatic rings. The van der Waals surface area contributed by atoms with Gasteiger partial charge in [-0.1, -0.05) is 12.1 Å². The van der Waals surface area contributed by atoms with Crippen molar-refractivity contribution in [2.45, 2.75) is 23.8 Å². The quantitative estimate of drug-likeness (QED) is 0.521. The molecule has 168 valence electrons. The molecule has 1 amide bonds. The molecule has 2 heterocycles. The van der Waals surface area contributed by atoms with Crippen molar-refractivity contribution in [3.05, 3.63) is 64.5 Å². The van der Waals surface area contributed by atoms with Crippen molar-refractivity contribution in [2.24, 2.45) is 0 Å². The van der Waals surface area contributed by atoms with E-state index in [1.165, 1.54) is 37.4 Å². The average Bonchev–Trinajstić information content (AvgIpc) is 3.31. The zero-order chi connectivity index (χ0) is 22.7. The SMILES string of the molecule is COc1cccc2cc(C(=O)Nc3ccc(S(=O)(=O)NC[C@@H]4CCCO4)cc3)c(=O)oc12. The van der Waals surface area contributed by atoms with Gasteiger partial charge in [0.2, 0.25) is 10.0 Å². The molecule has 0 spiro atoms. The first kappa shape index (κ1) is 22.0. The Kier molecular flexibility index (Phi) is 6.26. The number of ether oxygens (including phenoxy) is 2. The van der Waals surface area contributed by atoms with Crippen molar-refractivity contribution in [1.82, 2.24) is 4.72 Å². The zero-order valence-electron chi connectivity index (χ0n) is 17.3. The lowest BCUT2D eigenvalue weighted by molar-refractivity contribution is 0.102. The molecule has 2 aromatic carbocycles. The Morgan fingerprint density at radius 1 is 1.19 bits per heavy atom. The largest absolute Gasteiger partial charge is 0.493 e. The van der Waals surface area contributed by atoms with Gasteiger partial charge in [0.05, 0.1) is 18.1 Å². The fourth-order valence-corrected chi connectivity index (χ4v) is 4.51. The summed E-state index contributed by atoms with van der Waals surface area (Å²) in [5.41, 5.74) is -0.405. The summed E-state index contributed by atoms with van der Waals surface area (Å²) in [5, 5.41) is 3.12. The van der Waals surface area contributed by atoms with Crippen molar-refractivity contribution < 1.29 is 27.1 Å². The summed E-state index contributed by atoms with van der Waals surface area (Å²) in [7, 11) is -2.25. The number of hydrogen-bond acceptors (Lipinski definition) is 7. The normalized spacial score (nSPS) is 16.2. The van der Waals surface area contributed by atoms with E-state index in [0.717, 1.165) is 12.8 Å². The van der Waals surface area contributed by atoms with Crippen molar-refractivity contribution >= 4 is 32.6 Å². The topological polar surface area (TPSA) is 124 Å². The van der Waals surface area contributed by atoms with Crippen molar-refractivity contribution in [3.8, 4) is 5.75 Å². The Morgan fingerprint density at radius 3 is 2.66 bits per heavy atom. The Morgan fingerprint density at radius 2 is 1.97 bits per heavy atom. The van der Waals surface area contributed by atoms with Crippen LogP contribution in [0, 0.1) is 0 Å². The maximum absolute atomic E-state index is 12.6. The van der Waals surface area contributed by atoms with Gasteiger partial charge in [-0.3, -0.25) is 4.79 Å². The first-order chi connectivity index (χ1) is 15.4. The highest BCUT2D eigenvalue weighted by Gasteiger charge is 2.21. The second kappa shape index (κ2) is 9.11. The van der Waals surface area contributed by atoms with Gasteiger partial charge >= 0.3 is 5.63 Å². The third-order valence-corrected chi connectivity index (χ3v) is 6.58. The minimum Gasteiger partial charge on any atom is -0.493 e. The molecule has 1 aliphatic heterocycles. The second-order valence-electron chi connectivity index (χ2n) is 7.29. The standard InChI is InChI=1S/C22H22N2O7S/c1-29-19-6-2-4-14-12-18(22(26)31-20(14)19)21(25)24-15-7-9-17(10-8-15)32(27,28)23-13-16-5-3-11-30-16/h2,4,6-10,12,16,23H,3,5,11,13H2,1H3,(H,24,25)/t16-/m0/s1. The maximum atomic E-state index is 12.6. The summed E-state index contributed by atoms with van der Waals surface area (Å²) in [6.45, 7) is 0.854. The molecule has 1 fully saturated rings. The highest BCUT2D eigenvalue weighted by Crippen LogP contribution is 2.24. The van der Waals surface area contributed by atoms with Gasteiger partial charge in [0, 0.05) is 24.2 Å². The predicted molar refractivity (Wildman–Crippen MR) is 118 cm³/mol. The van der Waals surface area contributed by atoms with Crippen LogP contribution < -0.4 is 20.4 Å². The van der Waals surface area contributed by atoms with Gasteiger partial charge in [-0.15, -0.1) is 0 Å². The monoisotopic (exact) mass is 458 g/mol. The number of amides is 1. The molecule has 2 N–H and O–H groups in total. The number of fused-ring (bicyclic) bond motifs is 1. The summed E-state index contributed by atoms with van der Waals surface area (Å²) in [5.74, 6) is -0.285. The highest BCUT2D eigenvalue weighted by molar-refractivity contribution is 7.89. The van der Waals surface area contributed by atoms with E-state index in [0.29, 0.717) is 23.4 Å². The molecule has 4 rings (SSSR count). The van der Waals surface area contributed by atoms with E-state index in [2.05, 4.69) is 10.0 Å². The third-order valence-electron chi connectivity index (χ3n) is 5.14. The van der Waals surface area contributed by atoms with Crippen molar-refractivity contribution in [1.29, 1.82) is 0 Å². The van der Waals surface area contributed by atoms with Crippen LogP contribution >= 0.6 is 0 Å². The molecular formula is C22H22N2O7S. The van der Waals surface area contributed by atoms with Crippen LogP contribution in [0.4, 0.5) is 5.69 Å². The number of carbonyl (C=O) groups is 1. The van der Waals surface area contributed by atoms with Gasteiger partial charge in [0.15, 0.2) is 11.3 Å². The minimum absolute atomic E-state index is 0.0609. The number of carbonyl (C=O) groups excluding carboxylic acids is 1. The molecule has 1 atom stereocenters. The molecule has 1 aromatic heterocycles. The molecule has 1 saturated heterocycles. The second-order valence-corrected chi connectivity index (χ2v) is 9.06. The highest BCUT2D eigenvalue weighted by atomic mass is 32.2. The molecule has 0 radical (unpaired) electrons.